The molecule has 0 saturated carbocycles. The van der Waals surface area contributed by atoms with Crippen LogP contribution in [0.4, 0.5) is 4.39 Å². The van der Waals surface area contributed by atoms with Crippen molar-refractivity contribution < 1.29 is 23.8 Å². The first kappa shape index (κ1) is 17.9. The summed E-state index contributed by atoms with van der Waals surface area (Å²) in [5.74, 6) is -0.359. The molecule has 3 rings (SSSR count). The Morgan fingerprint density at radius 3 is 2.62 bits per heavy atom. The average Bonchev–Trinajstić information content (AvgIpc) is 2.63. The Kier molecular flexibility index (Phi) is 5.19. The van der Waals surface area contributed by atoms with Gasteiger partial charge in [0.05, 0.1) is 6.61 Å². The van der Waals surface area contributed by atoms with Gasteiger partial charge in [-0.1, -0.05) is 30.8 Å². The molecule has 0 aromatic heterocycles. The standard InChI is InChI=1S/C21H19FO4/c1-13(2)21(24)26-17(11-23)12-25-20-18-6-4-3-5-14(18)9-15-10-16(22)7-8-19(15)20/h3-10,17,23H,1,11-12H2,2H3. The van der Waals surface area contributed by atoms with Gasteiger partial charge in [0.1, 0.15) is 18.2 Å². The smallest absolute Gasteiger partial charge is 0.333 e. The van der Waals surface area contributed by atoms with Crippen molar-refractivity contribution in [2.45, 2.75) is 13.0 Å². The molecule has 3 aromatic rings. The van der Waals surface area contributed by atoms with E-state index in [1.54, 1.807) is 6.07 Å². The van der Waals surface area contributed by atoms with Crippen molar-refractivity contribution in [2.24, 2.45) is 0 Å². The van der Waals surface area contributed by atoms with Crippen LogP contribution in [-0.2, 0) is 9.53 Å². The molecule has 0 aliphatic rings. The Morgan fingerprint density at radius 2 is 1.88 bits per heavy atom. The number of ether oxygens (including phenoxy) is 2. The summed E-state index contributed by atoms with van der Waals surface area (Å²) in [6, 6.07) is 14.0. The number of aliphatic hydroxyl groups excluding tert-OH is 1. The zero-order chi connectivity index (χ0) is 18.7. The summed E-state index contributed by atoms with van der Waals surface area (Å²) in [5.41, 5.74) is 0.245. The summed E-state index contributed by atoms with van der Waals surface area (Å²) in [6.45, 7) is 4.64. The Morgan fingerprint density at radius 1 is 1.15 bits per heavy atom. The van der Waals surface area contributed by atoms with E-state index in [1.165, 1.54) is 19.1 Å². The summed E-state index contributed by atoms with van der Waals surface area (Å²) in [6.07, 6.45) is -0.825. The third-order valence-electron chi connectivity index (χ3n) is 4.01. The lowest BCUT2D eigenvalue weighted by atomic mass is 10.0. The van der Waals surface area contributed by atoms with E-state index in [4.69, 9.17) is 9.47 Å². The van der Waals surface area contributed by atoms with Gasteiger partial charge in [0.15, 0.2) is 6.10 Å². The van der Waals surface area contributed by atoms with Gasteiger partial charge in [0, 0.05) is 16.3 Å². The van der Waals surface area contributed by atoms with Crippen LogP contribution < -0.4 is 4.74 Å². The number of halogens is 1. The highest BCUT2D eigenvalue weighted by atomic mass is 19.1. The monoisotopic (exact) mass is 354 g/mol. The summed E-state index contributed by atoms with van der Waals surface area (Å²) < 4.78 is 24.7. The molecule has 134 valence electrons. The molecule has 0 spiro atoms. The number of hydrogen-bond donors (Lipinski definition) is 1. The van der Waals surface area contributed by atoms with E-state index < -0.39 is 12.1 Å². The first-order valence-corrected chi connectivity index (χ1v) is 8.20. The van der Waals surface area contributed by atoms with Crippen molar-refractivity contribution in [2.75, 3.05) is 13.2 Å². The molecule has 0 radical (unpaired) electrons. The van der Waals surface area contributed by atoms with Gasteiger partial charge in [-0.3, -0.25) is 0 Å². The Labute approximate surface area is 150 Å². The second-order valence-corrected chi connectivity index (χ2v) is 6.09. The van der Waals surface area contributed by atoms with Crippen molar-refractivity contribution >= 4 is 27.5 Å². The average molecular weight is 354 g/mol. The van der Waals surface area contributed by atoms with Gasteiger partial charge in [-0.05, 0) is 42.0 Å². The van der Waals surface area contributed by atoms with Crippen LogP contribution in [0.15, 0.2) is 60.7 Å². The van der Waals surface area contributed by atoms with Gasteiger partial charge in [-0.15, -0.1) is 0 Å². The van der Waals surface area contributed by atoms with E-state index in [1.807, 2.05) is 30.3 Å². The van der Waals surface area contributed by atoms with Gasteiger partial charge in [-0.2, -0.15) is 0 Å². The molecule has 0 heterocycles. The van der Waals surface area contributed by atoms with E-state index >= 15 is 0 Å². The third-order valence-corrected chi connectivity index (χ3v) is 4.01. The molecule has 26 heavy (non-hydrogen) atoms. The van der Waals surface area contributed by atoms with E-state index in [-0.39, 0.29) is 24.6 Å². The predicted molar refractivity (Wildman–Crippen MR) is 98.7 cm³/mol. The zero-order valence-electron chi connectivity index (χ0n) is 14.4. The molecule has 5 heteroatoms. The topological polar surface area (TPSA) is 55.8 Å². The molecule has 3 aromatic carbocycles. The molecule has 1 unspecified atom stereocenters. The van der Waals surface area contributed by atoms with Crippen LogP contribution >= 0.6 is 0 Å². The van der Waals surface area contributed by atoms with Crippen molar-refractivity contribution in [3.05, 3.63) is 66.5 Å². The molecule has 1 atom stereocenters. The number of carbonyl (C=O) groups excluding carboxylic acids is 1. The number of rotatable bonds is 6. The fourth-order valence-corrected chi connectivity index (χ4v) is 2.71. The highest BCUT2D eigenvalue weighted by Gasteiger charge is 2.17. The van der Waals surface area contributed by atoms with Crippen LogP contribution in [0.5, 0.6) is 5.75 Å². The fraction of sp³-hybridized carbons (Fsp3) is 0.190. The maximum Gasteiger partial charge on any atom is 0.333 e. The minimum Gasteiger partial charge on any atom is -0.488 e. The van der Waals surface area contributed by atoms with E-state index in [2.05, 4.69) is 6.58 Å². The van der Waals surface area contributed by atoms with Crippen LogP contribution in [0, 0.1) is 5.82 Å². The van der Waals surface area contributed by atoms with Crippen LogP contribution in [0.2, 0.25) is 0 Å². The molecule has 0 bridgehead atoms. The highest BCUT2D eigenvalue weighted by Crippen LogP contribution is 2.35. The number of aliphatic hydroxyl groups is 1. The molecule has 0 fully saturated rings. The van der Waals surface area contributed by atoms with Crippen molar-refractivity contribution in [1.29, 1.82) is 0 Å². The van der Waals surface area contributed by atoms with Gasteiger partial charge < -0.3 is 14.6 Å². The second-order valence-electron chi connectivity index (χ2n) is 6.09. The molecule has 0 aliphatic carbocycles. The fourth-order valence-electron chi connectivity index (χ4n) is 2.71. The Balaban J connectivity index is 1.97. The number of esters is 1. The largest absolute Gasteiger partial charge is 0.488 e. The zero-order valence-corrected chi connectivity index (χ0v) is 14.4. The summed E-state index contributed by atoms with van der Waals surface area (Å²) in [4.78, 5) is 11.7. The molecular formula is C21H19FO4. The number of benzene rings is 3. The summed E-state index contributed by atoms with van der Waals surface area (Å²) >= 11 is 0. The van der Waals surface area contributed by atoms with Crippen molar-refractivity contribution in [3.8, 4) is 5.75 Å². The summed E-state index contributed by atoms with van der Waals surface area (Å²) in [7, 11) is 0. The lowest BCUT2D eigenvalue weighted by Gasteiger charge is -2.18. The number of hydrogen-bond acceptors (Lipinski definition) is 4. The van der Waals surface area contributed by atoms with Crippen molar-refractivity contribution in [3.63, 3.8) is 0 Å². The maximum absolute atomic E-state index is 13.6. The number of fused-ring (bicyclic) bond motifs is 2. The molecule has 0 aliphatic heterocycles. The van der Waals surface area contributed by atoms with Crippen LogP contribution in [0.25, 0.3) is 21.5 Å². The van der Waals surface area contributed by atoms with Gasteiger partial charge in [0.25, 0.3) is 0 Å². The molecule has 0 amide bonds. The van der Waals surface area contributed by atoms with E-state index in [0.717, 1.165) is 16.2 Å². The minimum atomic E-state index is -0.825. The molecule has 0 saturated heterocycles. The van der Waals surface area contributed by atoms with Crippen LogP contribution in [-0.4, -0.2) is 30.4 Å². The first-order chi connectivity index (χ1) is 12.5. The summed E-state index contributed by atoms with van der Waals surface area (Å²) in [5, 5.41) is 12.7. The minimum absolute atomic E-state index is 0.0317. The van der Waals surface area contributed by atoms with Crippen LogP contribution in [0.3, 0.4) is 0 Å². The molecular weight excluding hydrogens is 335 g/mol. The third kappa shape index (κ3) is 3.68. The van der Waals surface area contributed by atoms with E-state index in [0.29, 0.717) is 11.1 Å². The number of carbonyl (C=O) groups is 1. The Bertz CT molecular complexity index is 980. The lowest BCUT2D eigenvalue weighted by Crippen LogP contribution is -2.28. The quantitative estimate of drug-likeness (QED) is 0.413. The lowest BCUT2D eigenvalue weighted by molar-refractivity contribution is -0.147. The van der Waals surface area contributed by atoms with Gasteiger partial charge >= 0.3 is 5.97 Å². The Hall–Kier alpha value is -2.92. The van der Waals surface area contributed by atoms with Gasteiger partial charge in [0.2, 0.25) is 0 Å². The van der Waals surface area contributed by atoms with Gasteiger partial charge in [-0.25, -0.2) is 9.18 Å². The predicted octanol–water partition coefficient (Wildman–Crippen LogP) is 3.99. The van der Waals surface area contributed by atoms with E-state index in [9.17, 15) is 14.3 Å². The maximum atomic E-state index is 13.6. The molecule has 1 N–H and O–H groups in total. The highest BCUT2D eigenvalue weighted by molar-refractivity contribution is 6.05. The second kappa shape index (κ2) is 7.54. The van der Waals surface area contributed by atoms with Crippen LogP contribution in [0.1, 0.15) is 6.92 Å². The van der Waals surface area contributed by atoms with Crippen molar-refractivity contribution in [1.82, 2.24) is 0 Å². The SMILES string of the molecule is C=C(C)C(=O)OC(CO)COc1c2ccccc2cc2cc(F)ccc12. The normalized spacial score (nSPS) is 12.1. The first-order valence-electron chi connectivity index (χ1n) is 8.20. The molecule has 4 nitrogen and oxygen atoms in total.